The van der Waals surface area contributed by atoms with Gasteiger partial charge in [0, 0.05) is 18.2 Å². The van der Waals surface area contributed by atoms with Crippen molar-refractivity contribution in [2.24, 2.45) is 5.92 Å². The van der Waals surface area contributed by atoms with E-state index in [1.165, 1.54) is 37.2 Å². The van der Waals surface area contributed by atoms with E-state index in [0.29, 0.717) is 11.1 Å². The summed E-state index contributed by atoms with van der Waals surface area (Å²) in [4.78, 5) is 48.5. The number of nitrogens with zero attached hydrogens (tertiary/aromatic N) is 3. The molecule has 0 atom stereocenters. The zero-order chi connectivity index (χ0) is 25.2. The molecule has 188 valence electrons. The lowest BCUT2D eigenvalue weighted by Gasteiger charge is -2.33. The van der Waals surface area contributed by atoms with Crippen LogP contribution in [0, 0.1) is 5.92 Å². The second-order valence-corrected chi connectivity index (χ2v) is 9.64. The molecule has 1 aliphatic carbocycles. The minimum Gasteiger partial charge on any atom is -0.477 e. The third-order valence-corrected chi connectivity index (χ3v) is 7.12. The summed E-state index contributed by atoms with van der Waals surface area (Å²) in [6.07, 6.45) is 7.23. The van der Waals surface area contributed by atoms with Crippen LogP contribution in [0.25, 0.3) is 11.1 Å². The Kier molecular flexibility index (Phi) is 6.88. The van der Waals surface area contributed by atoms with Gasteiger partial charge in [-0.1, -0.05) is 11.6 Å². The first kappa shape index (κ1) is 24.2. The van der Waals surface area contributed by atoms with Gasteiger partial charge in [0.25, 0.3) is 5.91 Å². The SMILES string of the molecule is O=C(O)c1ccc2oc(C(=O)Nc3ccc(Cl)cn3)c(NC(=O)C3CCC(N4CCCC4)CC3)c2n1. The van der Waals surface area contributed by atoms with E-state index < -0.39 is 11.9 Å². The van der Waals surface area contributed by atoms with E-state index in [0.717, 1.165) is 38.8 Å². The van der Waals surface area contributed by atoms with E-state index in [-0.39, 0.29) is 45.9 Å². The molecule has 3 aromatic rings. The summed E-state index contributed by atoms with van der Waals surface area (Å²) in [6, 6.07) is 6.31. The average Bonchev–Trinajstić information content (AvgIpc) is 3.54. The molecule has 0 radical (unpaired) electrons. The van der Waals surface area contributed by atoms with E-state index in [9.17, 15) is 19.5 Å². The highest BCUT2D eigenvalue weighted by Crippen LogP contribution is 2.34. The van der Waals surface area contributed by atoms with Crippen LogP contribution < -0.4 is 10.6 Å². The minimum atomic E-state index is -1.23. The Hall–Kier alpha value is -3.50. The first-order chi connectivity index (χ1) is 17.4. The van der Waals surface area contributed by atoms with Gasteiger partial charge in [0.1, 0.15) is 22.7 Å². The van der Waals surface area contributed by atoms with Crippen molar-refractivity contribution in [1.82, 2.24) is 14.9 Å². The highest BCUT2D eigenvalue weighted by atomic mass is 35.5. The van der Waals surface area contributed by atoms with Crippen molar-refractivity contribution < 1.29 is 23.9 Å². The molecule has 0 spiro atoms. The van der Waals surface area contributed by atoms with Crippen molar-refractivity contribution in [2.75, 3.05) is 23.7 Å². The number of pyridine rings is 2. The standard InChI is InChI=1S/C25H26ClN5O5/c26-15-5-10-19(27-13-15)29-24(33)22-21(20-18(36-22)9-8-17(28-20)25(34)35)30-23(32)14-3-6-16(7-4-14)31-11-1-2-12-31/h5,8-10,13-14,16H,1-4,6-7,11-12H2,(H,30,32)(H,34,35)(H,27,29,33). The highest BCUT2D eigenvalue weighted by Gasteiger charge is 2.32. The van der Waals surface area contributed by atoms with Gasteiger partial charge >= 0.3 is 5.97 Å². The van der Waals surface area contributed by atoms with Gasteiger partial charge in [0.2, 0.25) is 11.7 Å². The van der Waals surface area contributed by atoms with Gasteiger partial charge in [0.15, 0.2) is 5.58 Å². The molecule has 36 heavy (non-hydrogen) atoms. The molecule has 1 saturated heterocycles. The average molecular weight is 512 g/mol. The summed E-state index contributed by atoms with van der Waals surface area (Å²) in [6.45, 7) is 2.25. The van der Waals surface area contributed by atoms with Crippen molar-refractivity contribution in [3.8, 4) is 0 Å². The number of carbonyl (C=O) groups is 3. The molecule has 3 N–H and O–H groups in total. The van der Waals surface area contributed by atoms with Crippen molar-refractivity contribution in [3.63, 3.8) is 0 Å². The van der Waals surface area contributed by atoms with Gasteiger partial charge in [0.05, 0.1) is 5.02 Å². The topological polar surface area (TPSA) is 138 Å². The van der Waals surface area contributed by atoms with Crippen LogP contribution >= 0.6 is 11.6 Å². The monoisotopic (exact) mass is 511 g/mol. The summed E-state index contributed by atoms with van der Waals surface area (Å²) >= 11 is 5.86. The van der Waals surface area contributed by atoms with E-state index in [2.05, 4.69) is 25.5 Å². The largest absolute Gasteiger partial charge is 0.477 e. The van der Waals surface area contributed by atoms with Crippen molar-refractivity contribution >= 4 is 52.0 Å². The van der Waals surface area contributed by atoms with Crippen LogP contribution in [0.5, 0.6) is 0 Å². The Morgan fingerprint density at radius 2 is 1.78 bits per heavy atom. The molecular formula is C25H26ClN5O5. The van der Waals surface area contributed by atoms with Crippen LogP contribution in [0.1, 0.15) is 59.6 Å². The second kappa shape index (κ2) is 10.2. The van der Waals surface area contributed by atoms with Crippen LogP contribution in [0.3, 0.4) is 0 Å². The number of fused-ring (bicyclic) bond motifs is 1. The zero-order valence-corrected chi connectivity index (χ0v) is 20.3. The summed E-state index contributed by atoms with van der Waals surface area (Å²) in [5.41, 5.74) is 0.105. The molecule has 10 nitrogen and oxygen atoms in total. The molecular weight excluding hydrogens is 486 g/mol. The van der Waals surface area contributed by atoms with Crippen LogP contribution in [0.15, 0.2) is 34.9 Å². The molecule has 0 unspecified atom stereocenters. The molecule has 1 saturated carbocycles. The van der Waals surface area contributed by atoms with E-state index >= 15 is 0 Å². The third-order valence-electron chi connectivity index (χ3n) is 6.90. The minimum absolute atomic E-state index is 0.0474. The summed E-state index contributed by atoms with van der Waals surface area (Å²) in [7, 11) is 0. The number of carbonyl (C=O) groups excluding carboxylic acids is 2. The molecule has 0 bridgehead atoms. The first-order valence-corrected chi connectivity index (χ1v) is 12.4. The number of carboxylic acid groups (broad SMARTS) is 1. The van der Waals surface area contributed by atoms with Gasteiger partial charge in [-0.3, -0.25) is 9.59 Å². The van der Waals surface area contributed by atoms with E-state index in [4.69, 9.17) is 16.0 Å². The number of aromatic carboxylic acids is 1. The van der Waals surface area contributed by atoms with Gasteiger partial charge in [-0.05, 0) is 75.9 Å². The van der Waals surface area contributed by atoms with Crippen molar-refractivity contribution in [1.29, 1.82) is 0 Å². The number of halogens is 1. The quantitative estimate of drug-likeness (QED) is 0.442. The van der Waals surface area contributed by atoms with Crippen LogP contribution in [0.2, 0.25) is 5.02 Å². The maximum absolute atomic E-state index is 13.3. The fraction of sp³-hybridized carbons (Fsp3) is 0.400. The van der Waals surface area contributed by atoms with Crippen LogP contribution in [-0.4, -0.2) is 56.9 Å². The van der Waals surface area contributed by atoms with Crippen LogP contribution in [-0.2, 0) is 4.79 Å². The number of rotatable bonds is 6. The third kappa shape index (κ3) is 5.05. The Balaban J connectivity index is 1.39. The Morgan fingerprint density at radius 3 is 2.44 bits per heavy atom. The van der Waals surface area contributed by atoms with Crippen molar-refractivity contribution in [3.05, 3.63) is 46.9 Å². The number of hydrogen-bond donors (Lipinski definition) is 3. The lowest BCUT2D eigenvalue weighted by Crippen LogP contribution is -2.38. The number of amides is 2. The lowest BCUT2D eigenvalue weighted by atomic mass is 9.85. The molecule has 2 fully saturated rings. The number of aromatic nitrogens is 2. The summed E-state index contributed by atoms with van der Waals surface area (Å²) < 4.78 is 5.72. The smallest absolute Gasteiger partial charge is 0.354 e. The fourth-order valence-electron chi connectivity index (χ4n) is 5.03. The molecule has 4 heterocycles. The van der Waals surface area contributed by atoms with Gasteiger partial charge in [-0.2, -0.15) is 0 Å². The molecule has 3 aromatic heterocycles. The Labute approximate surface area is 212 Å². The zero-order valence-electron chi connectivity index (χ0n) is 19.5. The number of carboxylic acids is 1. The molecule has 2 aliphatic rings. The molecule has 2 amide bonds. The number of nitrogens with one attached hydrogen (secondary N) is 2. The summed E-state index contributed by atoms with van der Waals surface area (Å²) in [5, 5.41) is 15.2. The number of furan rings is 1. The second-order valence-electron chi connectivity index (χ2n) is 9.21. The Bertz CT molecular complexity index is 1290. The predicted molar refractivity (Wildman–Crippen MR) is 133 cm³/mol. The first-order valence-electron chi connectivity index (χ1n) is 12.0. The number of anilines is 2. The lowest BCUT2D eigenvalue weighted by molar-refractivity contribution is -0.121. The van der Waals surface area contributed by atoms with Crippen LogP contribution in [0.4, 0.5) is 11.5 Å². The molecule has 11 heteroatoms. The summed E-state index contributed by atoms with van der Waals surface area (Å²) in [5.74, 6) is -2.29. The van der Waals surface area contributed by atoms with E-state index in [1.54, 1.807) is 6.07 Å². The fourth-order valence-corrected chi connectivity index (χ4v) is 5.14. The van der Waals surface area contributed by atoms with E-state index in [1.807, 2.05) is 0 Å². The van der Waals surface area contributed by atoms with Gasteiger partial charge < -0.3 is 25.1 Å². The number of likely N-dealkylation sites (tertiary alicyclic amines) is 1. The normalized spacial score (nSPS) is 20.4. The van der Waals surface area contributed by atoms with Gasteiger partial charge in [-0.15, -0.1) is 0 Å². The number of hydrogen-bond acceptors (Lipinski definition) is 7. The van der Waals surface area contributed by atoms with Crippen molar-refractivity contribution in [2.45, 2.75) is 44.6 Å². The van der Waals surface area contributed by atoms with Gasteiger partial charge in [-0.25, -0.2) is 14.8 Å². The maximum atomic E-state index is 13.3. The predicted octanol–water partition coefficient (Wildman–Crippen LogP) is 4.42. The maximum Gasteiger partial charge on any atom is 0.354 e. The molecule has 5 rings (SSSR count). The Morgan fingerprint density at radius 1 is 1.03 bits per heavy atom. The molecule has 1 aliphatic heterocycles. The highest BCUT2D eigenvalue weighted by molar-refractivity contribution is 6.30. The molecule has 0 aromatic carbocycles.